The Morgan fingerprint density at radius 1 is 1.24 bits per heavy atom. The van der Waals surface area contributed by atoms with Crippen molar-refractivity contribution in [3.05, 3.63) is 18.7 Å². The first-order valence-corrected chi connectivity index (χ1v) is 7.42. The highest BCUT2D eigenvalue weighted by Crippen LogP contribution is 2.27. The Morgan fingerprint density at radius 2 is 2.05 bits per heavy atom. The number of hydrogen-bond donors (Lipinski definition) is 1. The SMILES string of the molecule is CCNc1nc(N2CC(C)CC2C)nc(-n2ccnc2)n1. The maximum Gasteiger partial charge on any atom is 0.241 e. The molecule has 1 aliphatic heterocycles. The van der Waals surface area contributed by atoms with E-state index >= 15 is 0 Å². The molecule has 0 amide bonds. The van der Waals surface area contributed by atoms with Crippen LogP contribution < -0.4 is 10.2 Å². The van der Waals surface area contributed by atoms with Crippen LogP contribution in [0.3, 0.4) is 0 Å². The summed E-state index contributed by atoms with van der Waals surface area (Å²) in [6, 6.07) is 0.451. The highest BCUT2D eigenvalue weighted by atomic mass is 15.4. The van der Waals surface area contributed by atoms with E-state index in [-0.39, 0.29) is 0 Å². The summed E-state index contributed by atoms with van der Waals surface area (Å²) in [5.74, 6) is 2.61. The monoisotopic (exact) mass is 287 g/mol. The number of rotatable bonds is 4. The first-order chi connectivity index (χ1) is 10.2. The molecule has 2 unspecified atom stereocenters. The normalized spacial score (nSPS) is 21.8. The van der Waals surface area contributed by atoms with E-state index in [1.54, 1.807) is 17.1 Å². The van der Waals surface area contributed by atoms with Crippen molar-refractivity contribution in [2.75, 3.05) is 23.3 Å². The third-order valence-electron chi connectivity index (χ3n) is 3.72. The molecular formula is C14H21N7. The molecule has 3 rings (SSSR count). The molecule has 3 heterocycles. The van der Waals surface area contributed by atoms with E-state index in [1.807, 2.05) is 13.1 Å². The molecular weight excluding hydrogens is 266 g/mol. The standard InChI is InChI=1S/C14H21N7/c1-4-16-12-17-13(20-6-5-15-9-20)19-14(18-12)21-8-10(2)7-11(21)3/h5-6,9-11H,4,7-8H2,1-3H3,(H,16,17,18,19). The lowest BCUT2D eigenvalue weighted by atomic mass is 10.1. The molecule has 0 radical (unpaired) electrons. The highest BCUT2D eigenvalue weighted by molar-refractivity contribution is 5.42. The predicted octanol–water partition coefficient (Wildman–Crippen LogP) is 1.72. The van der Waals surface area contributed by atoms with Crippen molar-refractivity contribution in [1.29, 1.82) is 0 Å². The van der Waals surface area contributed by atoms with Crippen LogP contribution in [0, 0.1) is 5.92 Å². The average Bonchev–Trinajstić information content (AvgIpc) is 3.08. The van der Waals surface area contributed by atoms with Crippen molar-refractivity contribution in [2.45, 2.75) is 33.2 Å². The maximum atomic E-state index is 4.61. The molecule has 1 aliphatic rings. The molecule has 0 spiro atoms. The summed E-state index contributed by atoms with van der Waals surface area (Å²) in [6.07, 6.45) is 6.43. The van der Waals surface area contributed by atoms with Crippen LogP contribution in [0.4, 0.5) is 11.9 Å². The van der Waals surface area contributed by atoms with Crippen molar-refractivity contribution >= 4 is 11.9 Å². The topological polar surface area (TPSA) is 71.8 Å². The van der Waals surface area contributed by atoms with Gasteiger partial charge in [0.2, 0.25) is 17.8 Å². The van der Waals surface area contributed by atoms with Gasteiger partial charge < -0.3 is 10.2 Å². The van der Waals surface area contributed by atoms with Crippen LogP contribution in [-0.4, -0.2) is 43.6 Å². The zero-order valence-corrected chi connectivity index (χ0v) is 12.7. The minimum Gasteiger partial charge on any atom is -0.354 e. The zero-order chi connectivity index (χ0) is 14.8. The Hall–Kier alpha value is -2.18. The number of nitrogens with one attached hydrogen (secondary N) is 1. The molecule has 2 aromatic rings. The molecule has 7 heteroatoms. The summed E-state index contributed by atoms with van der Waals surface area (Å²) in [4.78, 5) is 19.9. The quantitative estimate of drug-likeness (QED) is 0.923. The van der Waals surface area contributed by atoms with Crippen molar-refractivity contribution in [3.8, 4) is 5.95 Å². The van der Waals surface area contributed by atoms with Gasteiger partial charge in [0.05, 0.1) is 0 Å². The summed E-state index contributed by atoms with van der Waals surface area (Å²) in [7, 11) is 0. The van der Waals surface area contributed by atoms with Crippen LogP contribution in [0.15, 0.2) is 18.7 Å². The van der Waals surface area contributed by atoms with Gasteiger partial charge in [-0.05, 0) is 26.2 Å². The Balaban J connectivity index is 1.99. The fourth-order valence-electron chi connectivity index (χ4n) is 2.79. The minimum absolute atomic E-state index is 0.451. The fraction of sp³-hybridized carbons (Fsp3) is 0.571. The smallest absolute Gasteiger partial charge is 0.241 e. The van der Waals surface area contributed by atoms with Crippen LogP contribution in [0.25, 0.3) is 5.95 Å². The number of hydrogen-bond acceptors (Lipinski definition) is 6. The van der Waals surface area contributed by atoms with Gasteiger partial charge in [-0.25, -0.2) is 4.98 Å². The van der Waals surface area contributed by atoms with Crippen molar-refractivity contribution in [3.63, 3.8) is 0 Å². The van der Waals surface area contributed by atoms with Gasteiger partial charge >= 0.3 is 0 Å². The number of anilines is 2. The Kier molecular flexibility index (Phi) is 3.72. The van der Waals surface area contributed by atoms with Gasteiger partial charge in [0.25, 0.3) is 0 Å². The lowest BCUT2D eigenvalue weighted by Gasteiger charge is -2.22. The van der Waals surface area contributed by atoms with Crippen LogP contribution in [0.2, 0.25) is 0 Å². The van der Waals surface area contributed by atoms with Crippen molar-refractivity contribution in [1.82, 2.24) is 24.5 Å². The van der Waals surface area contributed by atoms with Crippen molar-refractivity contribution < 1.29 is 0 Å². The largest absolute Gasteiger partial charge is 0.354 e. The Labute approximate surface area is 124 Å². The Bertz CT molecular complexity index is 595. The second kappa shape index (κ2) is 5.67. The lowest BCUT2D eigenvalue weighted by Crippen LogP contribution is -2.29. The summed E-state index contributed by atoms with van der Waals surface area (Å²) < 4.78 is 1.80. The zero-order valence-electron chi connectivity index (χ0n) is 12.7. The maximum absolute atomic E-state index is 4.61. The van der Waals surface area contributed by atoms with E-state index in [1.165, 1.54) is 6.42 Å². The molecule has 2 aromatic heterocycles. The summed E-state index contributed by atoms with van der Waals surface area (Å²) in [5.41, 5.74) is 0. The van der Waals surface area contributed by atoms with Gasteiger partial charge in [-0.1, -0.05) is 6.92 Å². The molecule has 0 aliphatic carbocycles. The van der Waals surface area contributed by atoms with E-state index in [0.29, 0.717) is 23.9 Å². The van der Waals surface area contributed by atoms with Gasteiger partial charge in [0.1, 0.15) is 6.33 Å². The van der Waals surface area contributed by atoms with E-state index in [0.717, 1.165) is 19.0 Å². The lowest BCUT2D eigenvalue weighted by molar-refractivity contribution is 0.624. The van der Waals surface area contributed by atoms with Crippen LogP contribution in [0.1, 0.15) is 27.2 Å². The molecule has 1 saturated heterocycles. The first-order valence-electron chi connectivity index (χ1n) is 7.42. The number of nitrogens with zero attached hydrogens (tertiary/aromatic N) is 6. The van der Waals surface area contributed by atoms with E-state index < -0.39 is 0 Å². The predicted molar refractivity (Wildman–Crippen MR) is 81.7 cm³/mol. The molecule has 2 atom stereocenters. The number of imidazole rings is 1. The third kappa shape index (κ3) is 2.81. The Morgan fingerprint density at radius 3 is 2.67 bits per heavy atom. The van der Waals surface area contributed by atoms with Crippen LogP contribution in [0.5, 0.6) is 0 Å². The van der Waals surface area contributed by atoms with Crippen LogP contribution in [-0.2, 0) is 0 Å². The molecule has 0 bridgehead atoms. The van der Waals surface area contributed by atoms with Gasteiger partial charge in [0.15, 0.2) is 0 Å². The summed E-state index contributed by atoms with van der Waals surface area (Å²) in [5, 5.41) is 3.18. The molecule has 21 heavy (non-hydrogen) atoms. The van der Waals surface area contributed by atoms with Gasteiger partial charge in [-0.15, -0.1) is 0 Å². The van der Waals surface area contributed by atoms with Crippen molar-refractivity contribution in [2.24, 2.45) is 5.92 Å². The second-order valence-corrected chi connectivity index (χ2v) is 5.60. The molecule has 0 aromatic carbocycles. The van der Waals surface area contributed by atoms with Gasteiger partial charge in [0, 0.05) is 31.5 Å². The third-order valence-corrected chi connectivity index (χ3v) is 3.72. The molecule has 7 nitrogen and oxygen atoms in total. The van der Waals surface area contributed by atoms with Gasteiger partial charge in [-0.3, -0.25) is 4.57 Å². The molecule has 112 valence electrons. The highest BCUT2D eigenvalue weighted by Gasteiger charge is 2.28. The fourth-order valence-corrected chi connectivity index (χ4v) is 2.79. The average molecular weight is 287 g/mol. The van der Waals surface area contributed by atoms with Crippen LogP contribution >= 0.6 is 0 Å². The minimum atomic E-state index is 0.451. The van der Waals surface area contributed by atoms with E-state index in [9.17, 15) is 0 Å². The van der Waals surface area contributed by atoms with Gasteiger partial charge in [-0.2, -0.15) is 15.0 Å². The number of aromatic nitrogens is 5. The van der Waals surface area contributed by atoms with E-state index in [4.69, 9.17) is 0 Å². The summed E-state index contributed by atoms with van der Waals surface area (Å²) >= 11 is 0. The molecule has 0 saturated carbocycles. The molecule has 1 fully saturated rings. The molecule has 1 N–H and O–H groups in total. The second-order valence-electron chi connectivity index (χ2n) is 5.60. The van der Waals surface area contributed by atoms with E-state index in [2.05, 4.69) is 44.0 Å². The summed E-state index contributed by atoms with van der Waals surface area (Å²) in [6.45, 7) is 8.27. The first kappa shape index (κ1) is 13.8.